The van der Waals surface area contributed by atoms with Gasteiger partial charge in [0.05, 0.1) is 13.2 Å². The average Bonchev–Trinajstić information content (AvgIpc) is 2.96. The molecule has 2 aliphatic heterocycles. The highest BCUT2D eigenvalue weighted by Crippen LogP contribution is 2.32. The Morgan fingerprint density at radius 2 is 1.78 bits per heavy atom. The van der Waals surface area contributed by atoms with Crippen molar-refractivity contribution in [3.05, 3.63) is 17.6 Å². The molecule has 27 heavy (non-hydrogen) atoms. The summed E-state index contributed by atoms with van der Waals surface area (Å²) in [6.07, 6.45) is 8.70. The maximum absolute atomic E-state index is 12.8. The molecule has 1 saturated carbocycles. The normalized spacial score (nSPS) is 23.4. The summed E-state index contributed by atoms with van der Waals surface area (Å²) in [5.74, 6) is 0.969. The molecule has 2 saturated heterocycles. The Bertz CT molecular complexity index is 657. The van der Waals surface area contributed by atoms with Crippen LogP contribution in [0.15, 0.2) is 6.07 Å². The fraction of sp³-hybridized carbons (Fsp3) is 0.750. The third kappa shape index (κ3) is 4.41. The quantitative estimate of drug-likeness (QED) is 0.820. The Balaban J connectivity index is 1.42. The Hall–Kier alpha value is -1.73. The number of rotatable bonds is 3. The van der Waals surface area contributed by atoms with Crippen LogP contribution in [0, 0.1) is 6.92 Å². The molecule has 0 unspecified atom stereocenters. The van der Waals surface area contributed by atoms with Crippen molar-refractivity contribution in [1.82, 2.24) is 15.3 Å². The van der Waals surface area contributed by atoms with Gasteiger partial charge >= 0.3 is 0 Å². The first-order chi connectivity index (χ1) is 13.1. The number of nitrogens with zero attached hydrogens (tertiary/aromatic N) is 3. The van der Waals surface area contributed by atoms with Crippen molar-refractivity contribution in [2.24, 2.45) is 0 Å². The van der Waals surface area contributed by atoms with Gasteiger partial charge in [-0.3, -0.25) is 4.79 Å². The van der Waals surface area contributed by atoms with Crippen LogP contribution in [0.3, 0.4) is 0 Å². The molecule has 7 heteroatoms. The van der Waals surface area contributed by atoms with Gasteiger partial charge in [0.2, 0.25) is 0 Å². The van der Waals surface area contributed by atoms with Crippen molar-refractivity contribution in [3.63, 3.8) is 0 Å². The number of aryl methyl sites for hydroxylation is 1. The summed E-state index contributed by atoms with van der Waals surface area (Å²) in [4.78, 5) is 23.9. The maximum atomic E-state index is 12.8. The molecule has 1 N–H and O–H groups in total. The van der Waals surface area contributed by atoms with Crippen LogP contribution in [0.5, 0.6) is 0 Å². The SMILES string of the molecule is Cc1nc(C(=O)NC2CCCCCC2)cc(N2CCC3(CC2)OCCO3)n1. The van der Waals surface area contributed by atoms with E-state index in [-0.39, 0.29) is 11.9 Å². The molecular weight excluding hydrogens is 344 g/mol. The van der Waals surface area contributed by atoms with Crippen molar-refractivity contribution in [3.8, 4) is 0 Å². The van der Waals surface area contributed by atoms with E-state index in [2.05, 4.69) is 20.2 Å². The lowest BCUT2D eigenvalue weighted by molar-refractivity contribution is -0.169. The van der Waals surface area contributed by atoms with E-state index >= 15 is 0 Å². The van der Waals surface area contributed by atoms with Gasteiger partial charge in [-0.05, 0) is 19.8 Å². The molecule has 3 fully saturated rings. The van der Waals surface area contributed by atoms with Crippen molar-refractivity contribution < 1.29 is 14.3 Å². The maximum Gasteiger partial charge on any atom is 0.270 e. The molecule has 3 heterocycles. The van der Waals surface area contributed by atoms with Crippen LogP contribution in [0.25, 0.3) is 0 Å². The van der Waals surface area contributed by atoms with Gasteiger partial charge in [-0.15, -0.1) is 0 Å². The number of amides is 1. The molecule has 1 aliphatic carbocycles. The molecule has 1 amide bonds. The van der Waals surface area contributed by atoms with Crippen LogP contribution in [0.2, 0.25) is 0 Å². The lowest BCUT2D eigenvalue weighted by Gasteiger charge is -2.38. The van der Waals surface area contributed by atoms with Crippen LogP contribution in [-0.2, 0) is 9.47 Å². The van der Waals surface area contributed by atoms with E-state index < -0.39 is 5.79 Å². The largest absolute Gasteiger partial charge is 0.356 e. The van der Waals surface area contributed by atoms with Crippen LogP contribution in [-0.4, -0.2) is 54.0 Å². The van der Waals surface area contributed by atoms with E-state index in [4.69, 9.17) is 9.47 Å². The lowest BCUT2D eigenvalue weighted by atomic mass is 10.0. The Kier molecular flexibility index (Phi) is 5.59. The highest BCUT2D eigenvalue weighted by atomic mass is 16.7. The van der Waals surface area contributed by atoms with Crippen LogP contribution in [0.1, 0.15) is 67.7 Å². The first-order valence-corrected chi connectivity index (χ1v) is 10.3. The van der Waals surface area contributed by atoms with Crippen molar-refractivity contribution >= 4 is 11.7 Å². The minimum absolute atomic E-state index is 0.0791. The van der Waals surface area contributed by atoms with Gasteiger partial charge in [-0.2, -0.15) is 0 Å². The summed E-state index contributed by atoms with van der Waals surface area (Å²) >= 11 is 0. The fourth-order valence-corrected chi connectivity index (χ4v) is 4.38. The molecule has 1 aromatic rings. The summed E-state index contributed by atoms with van der Waals surface area (Å²) in [6, 6.07) is 2.10. The van der Waals surface area contributed by atoms with Gasteiger partial charge < -0.3 is 19.7 Å². The second-order valence-electron chi connectivity index (χ2n) is 7.92. The summed E-state index contributed by atoms with van der Waals surface area (Å²) in [6.45, 7) is 4.82. The molecule has 0 atom stereocenters. The molecule has 4 rings (SSSR count). The predicted octanol–water partition coefficient (Wildman–Crippen LogP) is 2.58. The third-order valence-corrected chi connectivity index (χ3v) is 5.91. The van der Waals surface area contributed by atoms with Crippen LogP contribution < -0.4 is 10.2 Å². The Morgan fingerprint density at radius 3 is 2.44 bits per heavy atom. The van der Waals surface area contributed by atoms with E-state index in [1.165, 1.54) is 25.7 Å². The first-order valence-electron chi connectivity index (χ1n) is 10.3. The summed E-state index contributed by atoms with van der Waals surface area (Å²) in [5, 5.41) is 3.18. The van der Waals surface area contributed by atoms with Crippen LogP contribution >= 0.6 is 0 Å². The van der Waals surface area contributed by atoms with Gasteiger partial charge in [0, 0.05) is 38.0 Å². The number of hydrogen-bond donors (Lipinski definition) is 1. The molecular formula is C20H30N4O3. The van der Waals surface area contributed by atoms with Gasteiger partial charge in [-0.25, -0.2) is 9.97 Å². The van der Waals surface area contributed by atoms with E-state index in [0.29, 0.717) is 24.7 Å². The monoisotopic (exact) mass is 374 g/mol. The molecule has 7 nitrogen and oxygen atoms in total. The highest BCUT2D eigenvalue weighted by Gasteiger charge is 2.40. The van der Waals surface area contributed by atoms with Crippen molar-refractivity contribution in [1.29, 1.82) is 0 Å². The number of aromatic nitrogens is 2. The number of piperidine rings is 1. The lowest BCUT2D eigenvalue weighted by Crippen LogP contribution is -2.45. The second-order valence-corrected chi connectivity index (χ2v) is 7.92. The van der Waals surface area contributed by atoms with Crippen LogP contribution in [0.4, 0.5) is 5.82 Å². The number of hydrogen-bond acceptors (Lipinski definition) is 6. The highest BCUT2D eigenvalue weighted by molar-refractivity contribution is 5.93. The van der Waals surface area contributed by atoms with Gasteiger partial charge in [0.25, 0.3) is 5.91 Å². The third-order valence-electron chi connectivity index (χ3n) is 5.91. The minimum atomic E-state index is -0.404. The molecule has 148 valence electrons. The number of carbonyl (C=O) groups excluding carboxylic acids is 1. The second kappa shape index (κ2) is 8.10. The van der Waals surface area contributed by atoms with E-state index in [1.807, 2.05) is 13.0 Å². The summed E-state index contributed by atoms with van der Waals surface area (Å²) < 4.78 is 11.6. The summed E-state index contributed by atoms with van der Waals surface area (Å²) in [5.41, 5.74) is 0.468. The number of nitrogens with one attached hydrogen (secondary N) is 1. The standard InChI is InChI=1S/C20H30N4O3/c1-15-21-17(19(25)23-16-6-4-2-3-5-7-16)14-18(22-15)24-10-8-20(9-11-24)26-12-13-27-20/h14,16H,2-13H2,1H3,(H,23,25). The van der Waals surface area contributed by atoms with Gasteiger partial charge in [-0.1, -0.05) is 25.7 Å². The molecule has 3 aliphatic rings. The van der Waals surface area contributed by atoms with Crippen molar-refractivity contribution in [2.75, 3.05) is 31.2 Å². The smallest absolute Gasteiger partial charge is 0.270 e. The fourth-order valence-electron chi connectivity index (χ4n) is 4.38. The van der Waals surface area contributed by atoms with E-state index in [9.17, 15) is 4.79 Å². The first kappa shape index (κ1) is 18.6. The van der Waals surface area contributed by atoms with Crippen molar-refractivity contribution in [2.45, 2.75) is 70.1 Å². The molecule has 0 aromatic carbocycles. The molecule has 1 spiro atoms. The molecule has 0 radical (unpaired) electrons. The van der Waals surface area contributed by atoms with Gasteiger partial charge in [0.15, 0.2) is 5.79 Å². The van der Waals surface area contributed by atoms with E-state index in [0.717, 1.165) is 44.6 Å². The molecule has 1 aromatic heterocycles. The molecule has 0 bridgehead atoms. The zero-order valence-corrected chi connectivity index (χ0v) is 16.2. The van der Waals surface area contributed by atoms with Gasteiger partial charge in [0.1, 0.15) is 17.3 Å². The topological polar surface area (TPSA) is 76.6 Å². The van der Waals surface area contributed by atoms with E-state index in [1.54, 1.807) is 0 Å². The average molecular weight is 374 g/mol. The Labute approximate surface area is 160 Å². The zero-order valence-electron chi connectivity index (χ0n) is 16.2. The summed E-state index contributed by atoms with van der Waals surface area (Å²) in [7, 11) is 0. The Morgan fingerprint density at radius 1 is 1.11 bits per heavy atom. The zero-order chi connectivity index (χ0) is 18.7. The number of ether oxygens (including phenoxy) is 2. The predicted molar refractivity (Wildman–Crippen MR) is 102 cm³/mol. The number of anilines is 1. The minimum Gasteiger partial charge on any atom is -0.356 e. The number of carbonyl (C=O) groups is 1.